The first-order valence-corrected chi connectivity index (χ1v) is 12.0. The number of nitrogens with zero attached hydrogens (tertiary/aromatic N) is 2. The van der Waals surface area contributed by atoms with Crippen LogP contribution in [0, 0.1) is 16.7 Å². The Morgan fingerprint density at radius 2 is 1.94 bits per heavy atom. The van der Waals surface area contributed by atoms with Crippen LogP contribution in [0.5, 0.6) is 0 Å². The average molecular weight is 467 g/mol. The van der Waals surface area contributed by atoms with E-state index in [1.54, 1.807) is 12.1 Å². The second-order valence-electron chi connectivity index (χ2n) is 8.96. The molecule has 4 rings (SSSR count). The molecular weight excluding hydrogens is 436 g/mol. The number of rotatable bonds is 8. The molecule has 2 N–H and O–H groups in total. The highest BCUT2D eigenvalue weighted by molar-refractivity contribution is 6.05. The second kappa shape index (κ2) is 11.4. The molecule has 180 valence electrons. The van der Waals surface area contributed by atoms with Crippen molar-refractivity contribution >= 4 is 17.7 Å². The third-order valence-corrected chi connectivity index (χ3v) is 6.70. The number of carbonyl (C=O) groups excluding carboxylic acids is 3. The SMILES string of the molecule is O=N[C@H]1CC[C@H](NCCOCCC#Cc2cccc3c2CN(C2CCC(=O)NC2=O)C3=O)CC1. The molecule has 0 aromatic heterocycles. The number of benzene rings is 1. The molecule has 1 atom stereocenters. The van der Waals surface area contributed by atoms with E-state index in [0.717, 1.165) is 43.4 Å². The minimum atomic E-state index is -0.628. The zero-order valence-electron chi connectivity index (χ0n) is 19.2. The standard InChI is InChI=1S/C25H30N4O5/c30-23-12-11-22(24(31)27-23)29-16-21-17(5-3-6-20(21)25(29)32)4-1-2-14-34-15-13-26-18-7-9-19(28-33)10-8-18/h3,5-6,18-19,22,26H,2,7-16H2,(H,27,30,31)/t18-,19-,22?. The van der Waals surface area contributed by atoms with E-state index in [1.807, 2.05) is 6.07 Å². The number of piperidine rings is 1. The number of hydrogen-bond donors (Lipinski definition) is 2. The molecule has 2 fully saturated rings. The Bertz CT molecular complexity index is 1010. The number of ether oxygens (including phenoxy) is 1. The number of carbonyl (C=O) groups is 3. The van der Waals surface area contributed by atoms with Gasteiger partial charge in [-0.05, 0) is 49.8 Å². The summed E-state index contributed by atoms with van der Waals surface area (Å²) in [5.74, 6) is 5.36. The maximum Gasteiger partial charge on any atom is 0.255 e. The Hall–Kier alpha value is -3.09. The van der Waals surface area contributed by atoms with Crippen LogP contribution in [0.25, 0.3) is 0 Å². The summed E-state index contributed by atoms with van der Waals surface area (Å²) in [7, 11) is 0. The van der Waals surface area contributed by atoms with Crippen LogP contribution < -0.4 is 10.6 Å². The summed E-state index contributed by atoms with van der Waals surface area (Å²) >= 11 is 0. The van der Waals surface area contributed by atoms with Crippen LogP contribution in [0.15, 0.2) is 23.4 Å². The summed E-state index contributed by atoms with van der Waals surface area (Å²) in [6.07, 6.45) is 4.83. The zero-order chi connectivity index (χ0) is 23.9. The first-order valence-electron chi connectivity index (χ1n) is 12.0. The Labute approximate surface area is 198 Å². The fourth-order valence-electron chi connectivity index (χ4n) is 4.81. The van der Waals surface area contributed by atoms with E-state index < -0.39 is 11.9 Å². The first-order chi connectivity index (χ1) is 16.6. The molecule has 1 aromatic rings. The van der Waals surface area contributed by atoms with Crippen molar-refractivity contribution in [3.63, 3.8) is 0 Å². The number of imide groups is 1. The lowest BCUT2D eigenvalue weighted by atomic mass is 9.92. The van der Waals surface area contributed by atoms with Gasteiger partial charge in [0.25, 0.3) is 5.91 Å². The summed E-state index contributed by atoms with van der Waals surface area (Å²) in [5, 5.41) is 8.92. The molecule has 3 aliphatic rings. The molecule has 0 radical (unpaired) electrons. The Balaban J connectivity index is 1.21. The normalized spacial score (nSPS) is 24.3. The minimum Gasteiger partial charge on any atom is -0.379 e. The first kappa shape index (κ1) is 24.0. The summed E-state index contributed by atoms with van der Waals surface area (Å²) in [6.45, 7) is 2.20. The minimum absolute atomic E-state index is 0.0163. The zero-order valence-corrected chi connectivity index (χ0v) is 19.2. The van der Waals surface area contributed by atoms with Crippen LogP contribution in [0.4, 0.5) is 0 Å². The number of fused-ring (bicyclic) bond motifs is 1. The number of nitroso groups, excluding NO2 is 1. The topological polar surface area (TPSA) is 117 Å². The van der Waals surface area contributed by atoms with Crippen LogP contribution in [-0.2, 0) is 20.9 Å². The van der Waals surface area contributed by atoms with Crippen molar-refractivity contribution in [2.45, 2.75) is 69.6 Å². The molecule has 2 heterocycles. The maximum atomic E-state index is 12.9. The summed E-state index contributed by atoms with van der Waals surface area (Å²) < 4.78 is 5.66. The fraction of sp³-hybridized carbons (Fsp3) is 0.560. The molecule has 1 unspecified atom stereocenters. The van der Waals surface area contributed by atoms with Gasteiger partial charge in [-0.15, -0.1) is 0 Å². The van der Waals surface area contributed by atoms with Crippen molar-refractivity contribution in [2.75, 3.05) is 19.8 Å². The lowest BCUT2D eigenvalue weighted by Gasteiger charge is -2.29. The number of hydrogen-bond acceptors (Lipinski definition) is 7. The monoisotopic (exact) mass is 466 g/mol. The molecule has 0 spiro atoms. The third kappa shape index (κ3) is 5.69. The van der Waals surface area contributed by atoms with Crippen LogP contribution in [0.2, 0.25) is 0 Å². The molecule has 2 aliphatic heterocycles. The van der Waals surface area contributed by atoms with Gasteiger partial charge in [0.2, 0.25) is 11.8 Å². The summed E-state index contributed by atoms with van der Waals surface area (Å²) in [5.41, 5.74) is 2.17. The fourth-order valence-corrected chi connectivity index (χ4v) is 4.81. The summed E-state index contributed by atoms with van der Waals surface area (Å²) in [6, 6.07) is 5.23. The molecule has 3 amide bonds. The van der Waals surface area contributed by atoms with E-state index >= 15 is 0 Å². The Morgan fingerprint density at radius 3 is 2.71 bits per heavy atom. The van der Waals surface area contributed by atoms with Gasteiger partial charge in [-0.1, -0.05) is 23.1 Å². The molecular formula is C25H30N4O5. The number of amides is 3. The lowest BCUT2D eigenvalue weighted by molar-refractivity contribution is -0.136. The van der Waals surface area contributed by atoms with Gasteiger partial charge in [-0.2, -0.15) is 4.91 Å². The molecule has 9 heteroatoms. The van der Waals surface area contributed by atoms with Crippen molar-refractivity contribution in [3.8, 4) is 11.8 Å². The highest BCUT2D eigenvalue weighted by Crippen LogP contribution is 2.29. The van der Waals surface area contributed by atoms with Gasteiger partial charge in [-0.25, -0.2) is 0 Å². The van der Waals surface area contributed by atoms with E-state index in [-0.39, 0.29) is 24.3 Å². The lowest BCUT2D eigenvalue weighted by Crippen LogP contribution is -2.52. The molecule has 1 saturated heterocycles. The van der Waals surface area contributed by atoms with Gasteiger partial charge in [0.05, 0.1) is 19.3 Å². The molecule has 1 saturated carbocycles. The van der Waals surface area contributed by atoms with Crippen molar-refractivity contribution in [1.29, 1.82) is 0 Å². The van der Waals surface area contributed by atoms with E-state index in [2.05, 4.69) is 27.7 Å². The Kier molecular flexibility index (Phi) is 8.03. The second-order valence-corrected chi connectivity index (χ2v) is 8.96. The third-order valence-electron chi connectivity index (χ3n) is 6.70. The molecule has 1 aliphatic carbocycles. The summed E-state index contributed by atoms with van der Waals surface area (Å²) in [4.78, 5) is 48.6. The van der Waals surface area contributed by atoms with Gasteiger partial charge in [0, 0.05) is 43.1 Å². The van der Waals surface area contributed by atoms with Crippen LogP contribution >= 0.6 is 0 Å². The van der Waals surface area contributed by atoms with Gasteiger partial charge >= 0.3 is 0 Å². The van der Waals surface area contributed by atoms with Crippen molar-refractivity contribution in [1.82, 2.24) is 15.5 Å². The van der Waals surface area contributed by atoms with E-state index in [9.17, 15) is 19.3 Å². The van der Waals surface area contributed by atoms with Gasteiger partial charge in [0.15, 0.2) is 0 Å². The van der Waals surface area contributed by atoms with Crippen molar-refractivity contribution in [2.24, 2.45) is 5.18 Å². The predicted octanol–water partition coefficient (Wildman–Crippen LogP) is 1.87. The van der Waals surface area contributed by atoms with Gasteiger partial charge in [0.1, 0.15) is 6.04 Å². The van der Waals surface area contributed by atoms with Crippen LogP contribution in [0.1, 0.15) is 66.4 Å². The van der Waals surface area contributed by atoms with Crippen LogP contribution in [-0.4, -0.2) is 60.5 Å². The van der Waals surface area contributed by atoms with E-state index in [4.69, 9.17) is 4.74 Å². The van der Waals surface area contributed by atoms with Crippen molar-refractivity contribution < 1.29 is 19.1 Å². The highest BCUT2D eigenvalue weighted by atomic mass is 16.5. The van der Waals surface area contributed by atoms with Gasteiger partial charge < -0.3 is 15.0 Å². The van der Waals surface area contributed by atoms with E-state index in [1.165, 1.54) is 4.90 Å². The van der Waals surface area contributed by atoms with Crippen molar-refractivity contribution in [3.05, 3.63) is 39.8 Å². The Morgan fingerprint density at radius 1 is 1.12 bits per heavy atom. The quantitative estimate of drug-likeness (QED) is 0.261. The largest absolute Gasteiger partial charge is 0.379 e. The average Bonchev–Trinajstić information content (AvgIpc) is 3.18. The smallest absolute Gasteiger partial charge is 0.255 e. The highest BCUT2D eigenvalue weighted by Gasteiger charge is 2.39. The predicted molar refractivity (Wildman–Crippen MR) is 125 cm³/mol. The number of nitrogens with one attached hydrogen (secondary N) is 2. The van der Waals surface area contributed by atoms with E-state index in [0.29, 0.717) is 44.2 Å². The van der Waals surface area contributed by atoms with Gasteiger partial charge in [-0.3, -0.25) is 19.7 Å². The molecule has 34 heavy (non-hydrogen) atoms. The molecule has 9 nitrogen and oxygen atoms in total. The van der Waals surface area contributed by atoms with Crippen LogP contribution in [0.3, 0.4) is 0 Å². The molecule has 1 aromatic carbocycles. The maximum absolute atomic E-state index is 12.9. The molecule has 0 bridgehead atoms.